The summed E-state index contributed by atoms with van der Waals surface area (Å²) in [5.41, 5.74) is -2.15. The Hall–Kier alpha value is -1.48. The number of carbonyl (C=O) groups is 1. The van der Waals surface area contributed by atoms with Crippen LogP contribution in [-0.4, -0.2) is 29.5 Å². The average Bonchev–Trinajstić information content (AvgIpc) is 3.13. The Labute approximate surface area is 193 Å². The lowest BCUT2D eigenvalue weighted by Crippen LogP contribution is -2.42. The van der Waals surface area contributed by atoms with Crippen LogP contribution in [-0.2, 0) is 15.2 Å². The van der Waals surface area contributed by atoms with Gasteiger partial charge in [0.15, 0.2) is 5.78 Å². The SMILES string of the molecule is O=C(CBr)CNc1cc(C2=NOC(c3cc(Cl)cc(Cl)c3)(C(F)(F)F)C2)ccc1Cl. The second kappa shape index (κ2) is 8.94. The molecule has 3 rings (SSSR count). The maximum absolute atomic E-state index is 14.1. The van der Waals surface area contributed by atoms with Crippen LogP contribution in [0.3, 0.4) is 0 Å². The van der Waals surface area contributed by atoms with Gasteiger partial charge in [-0.25, -0.2) is 0 Å². The van der Waals surface area contributed by atoms with Crippen molar-refractivity contribution >= 4 is 67.9 Å². The molecule has 4 nitrogen and oxygen atoms in total. The number of nitrogens with one attached hydrogen (secondary N) is 1. The summed E-state index contributed by atoms with van der Waals surface area (Å²) in [7, 11) is 0. The zero-order valence-corrected chi connectivity index (χ0v) is 18.8. The van der Waals surface area contributed by atoms with E-state index in [4.69, 9.17) is 39.6 Å². The zero-order valence-electron chi connectivity index (χ0n) is 15.0. The molecule has 11 heteroatoms. The third kappa shape index (κ3) is 4.72. The normalized spacial score (nSPS) is 18.7. The summed E-state index contributed by atoms with van der Waals surface area (Å²) in [4.78, 5) is 16.5. The Kier molecular flexibility index (Phi) is 6.91. The average molecular weight is 545 g/mol. The molecule has 1 atom stereocenters. The summed E-state index contributed by atoms with van der Waals surface area (Å²) < 4.78 is 42.3. The highest BCUT2D eigenvalue weighted by Crippen LogP contribution is 2.49. The van der Waals surface area contributed by atoms with Gasteiger partial charge in [-0.1, -0.05) is 62.0 Å². The topological polar surface area (TPSA) is 50.7 Å². The molecule has 1 unspecified atom stereocenters. The number of alkyl halides is 4. The van der Waals surface area contributed by atoms with Gasteiger partial charge in [0.05, 0.1) is 28.3 Å². The van der Waals surface area contributed by atoms with E-state index in [9.17, 15) is 18.0 Å². The Morgan fingerprint density at radius 3 is 2.43 bits per heavy atom. The maximum Gasteiger partial charge on any atom is 0.435 e. The first kappa shape index (κ1) is 23.2. The van der Waals surface area contributed by atoms with Crippen molar-refractivity contribution in [3.63, 3.8) is 0 Å². The molecule has 1 aliphatic rings. The van der Waals surface area contributed by atoms with Crippen LogP contribution in [0.2, 0.25) is 15.1 Å². The second-order valence-electron chi connectivity index (χ2n) is 6.51. The van der Waals surface area contributed by atoms with E-state index in [0.29, 0.717) is 16.3 Å². The van der Waals surface area contributed by atoms with Crippen molar-refractivity contribution in [3.8, 4) is 0 Å². The van der Waals surface area contributed by atoms with E-state index >= 15 is 0 Å². The van der Waals surface area contributed by atoms with Crippen LogP contribution in [0.1, 0.15) is 17.5 Å². The Balaban J connectivity index is 1.94. The third-order valence-electron chi connectivity index (χ3n) is 4.44. The number of anilines is 1. The second-order valence-corrected chi connectivity index (χ2v) is 8.35. The van der Waals surface area contributed by atoms with Crippen LogP contribution in [0.25, 0.3) is 0 Å². The molecule has 2 aromatic carbocycles. The van der Waals surface area contributed by atoms with Crippen molar-refractivity contribution in [1.82, 2.24) is 0 Å². The van der Waals surface area contributed by atoms with Gasteiger partial charge in [0.2, 0.25) is 0 Å². The summed E-state index contributed by atoms with van der Waals surface area (Å²) in [6, 6.07) is 8.19. The number of hydrogen-bond donors (Lipinski definition) is 1. The number of Topliss-reactive ketones (excluding diaryl/α,β-unsaturated/α-hetero) is 1. The fourth-order valence-corrected chi connectivity index (χ4v) is 3.84. The zero-order chi connectivity index (χ0) is 22.1. The van der Waals surface area contributed by atoms with E-state index in [2.05, 4.69) is 26.4 Å². The van der Waals surface area contributed by atoms with Gasteiger partial charge in [-0.05, 0) is 30.3 Å². The predicted molar refractivity (Wildman–Crippen MR) is 115 cm³/mol. The molecule has 0 aromatic heterocycles. The number of hydrogen-bond acceptors (Lipinski definition) is 4. The summed E-state index contributed by atoms with van der Waals surface area (Å²) in [6.07, 6.45) is -5.38. The quantitative estimate of drug-likeness (QED) is 0.417. The minimum absolute atomic E-state index is 0.00486. The molecule has 0 bridgehead atoms. The van der Waals surface area contributed by atoms with Crippen LogP contribution >= 0.6 is 50.7 Å². The first-order valence-corrected chi connectivity index (χ1v) is 10.7. The number of ketones is 1. The molecule has 0 spiro atoms. The fourth-order valence-electron chi connectivity index (χ4n) is 2.93. The Morgan fingerprint density at radius 1 is 1.17 bits per heavy atom. The molecule has 1 heterocycles. The lowest BCUT2D eigenvalue weighted by Gasteiger charge is -2.29. The molecule has 0 fully saturated rings. The first-order chi connectivity index (χ1) is 14.1. The van der Waals surface area contributed by atoms with Gasteiger partial charge in [0, 0.05) is 27.6 Å². The maximum atomic E-state index is 14.1. The van der Waals surface area contributed by atoms with Crippen LogP contribution in [0, 0.1) is 0 Å². The number of halogens is 7. The summed E-state index contributed by atoms with van der Waals surface area (Å²) in [5, 5.41) is 7.14. The highest BCUT2D eigenvalue weighted by atomic mass is 79.9. The smallest absolute Gasteiger partial charge is 0.377 e. The fraction of sp³-hybridized carbons (Fsp3) is 0.263. The molecule has 2 aromatic rings. The molecule has 0 amide bonds. The van der Waals surface area contributed by atoms with Crippen molar-refractivity contribution in [1.29, 1.82) is 0 Å². The van der Waals surface area contributed by atoms with E-state index in [1.807, 2.05) is 0 Å². The van der Waals surface area contributed by atoms with Gasteiger partial charge < -0.3 is 10.2 Å². The van der Waals surface area contributed by atoms with Gasteiger partial charge in [0.25, 0.3) is 5.60 Å². The molecular formula is C19H13BrCl3F3N2O2. The predicted octanol–water partition coefficient (Wildman–Crippen LogP) is 6.60. The Bertz CT molecular complexity index is 997. The van der Waals surface area contributed by atoms with E-state index in [-0.39, 0.29) is 39.0 Å². The van der Waals surface area contributed by atoms with Gasteiger partial charge >= 0.3 is 6.18 Å². The molecular weight excluding hydrogens is 531 g/mol. The summed E-state index contributed by atoms with van der Waals surface area (Å²) in [5.74, 6) is -0.119. The van der Waals surface area contributed by atoms with E-state index in [0.717, 1.165) is 12.1 Å². The van der Waals surface area contributed by atoms with Gasteiger partial charge in [0.1, 0.15) is 0 Å². The number of benzene rings is 2. The first-order valence-electron chi connectivity index (χ1n) is 8.45. The Morgan fingerprint density at radius 2 is 1.83 bits per heavy atom. The van der Waals surface area contributed by atoms with Crippen LogP contribution in [0.15, 0.2) is 41.6 Å². The van der Waals surface area contributed by atoms with Gasteiger partial charge in [-0.2, -0.15) is 13.2 Å². The highest BCUT2D eigenvalue weighted by Gasteiger charge is 2.62. The molecule has 0 radical (unpaired) electrons. The van der Waals surface area contributed by atoms with Crippen LogP contribution < -0.4 is 5.32 Å². The lowest BCUT2D eigenvalue weighted by molar-refractivity contribution is -0.275. The van der Waals surface area contributed by atoms with Gasteiger partial charge in [-0.3, -0.25) is 4.79 Å². The summed E-state index contributed by atoms with van der Waals surface area (Å²) >= 11 is 21.0. The largest absolute Gasteiger partial charge is 0.435 e. The van der Waals surface area contributed by atoms with Gasteiger partial charge in [-0.15, -0.1) is 0 Å². The minimum atomic E-state index is -4.79. The van der Waals surface area contributed by atoms with Crippen molar-refractivity contribution in [3.05, 3.63) is 62.6 Å². The molecule has 1 aliphatic heterocycles. The number of carbonyl (C=O) groups excluding carboxylic acids is 1. The molecule has 1 N–H and O–H groups in total. The van der Waals surface area contributed by atoms with Crippen LogP contribution in [0.5, 0.6) is 0 Å². The van der Waals surface area contributed by atoms with Crippen molar-refractivity contribution < 1.29 is 22.8 Å². The van der Waals surface area contributed by atoms with E-state index in [1.165, 1.54) is 24.3 Å². The van der Waals surface area contributed by atoms with Crippen molar-refractivity contribution in [2.45, 2.75) is 18.2 Å². The molecule has 0 saturated carbocycles. The number of oxime groups is 1. The number of nitrogens with zero attached hydrogens (tertiary/aromatic N) is 1. The molecule has 0 saturated heterocycles. The van der Waals surface area contributed by atoms with Crippen LogP contribution in [0.4, 0.5) is 18.9 Å². The molecule has 30 heavy (non-hydrogen) atoms. The summed E-state index contributed by atoms with van der Waals surface area (Å²) in [6.45, 7) is 0.00486. The van der Waals surface area contributed by atoms with Crippen molar-refractivity contribution in [2.24, 2.45) is 5.16 Å². The molecule has 0 aliphatic carbocycles. The molecule has 160 valence electrons. The third-order valence-corrected chi connectivity index (χ3v) is 5.83. The van der Waals surface area contributed by atoms with Crippen molar-refractivity contribution in [2.75, 3.05) is 17.2 Å². The lowest BCUT2D eigenvalue weighted by atomic mass is 9.86. The number of rotatable bonds is 6. The highest BCUT2D eigenvalue weighted by molar-refractivity contribution is 9.09. The monoisotopic (exact) mass is 542 g/mol. The minimum Gasteiger partial charge on any atom is -0.377 e. The van der Waals surface area contributed by atoms with E-state index in [1.54, 1.807) is 0 Å². The van der Waals surface area contributed by atoms with E-state index < -0.39 is 18.2 Å². The standard InChI is InChI=1S/C19H13BrCl3F3N2O2/c20-8-14(29)9-27-16-3-10(1-2-15(16)23)17-7-18(30-28-17,19(24,25)26)11-4-12(21)6-13(22)5-11/h1-6,27H,7-9H2.